The molecule has 2 atom stereocenters. The van der Waals surface area contributed by atoms with E-state index in [9.17, 15) is 4.79 Å². The molecule has 1 rings (SSSR count). The minimum atomic E-state index is -0.630. The molecule has 3 nitrogen and oxygen atoms in total. The fraction of sp³-hybridized carbons (Fsp3) is 0.588. The van der Waals surface area contributed by atoms with Crippen molar-refractivity contribution in [3.8, 4) is 0 Å². The van der Waals surface area contributed by atoms with Crippen LogP contribution in [0.25, 0.3) is 0 Å². The van der Waals surface area contributed by atoms with Crippen molar-refractivity contribution in [2.24, 2.45) is 0 Å². The molecular weight excluding hydrogens is 282 g/mol. The van der Waals surface area contributed by atoms with Gasteiger partial charge in [-0.1, -0.05) is 31.5 Å². The molecule has 1 aromatic rings. The first kappa shape index (κ1) is 18.1. The fourth-order valence-corrected chi connectivity index (χ4v) is 3.85. The maximum atomic E-state index is 12.0. The molecule has 0 aliphatic rings. The van der Waals surface area contributed by atoms with E-state index in [1.54, 1.807) is 0 Å². The molecule has 0 heterocycles. The molecule has 0 bridgehead atoms. The molecule has 0 aliphatic carbocycles. The number of aryl methyl sites for hydroxylation is 2. The molecule has 0 spiro atoms. The number of methoxy groups -OCH3 is 1. The van der Waals surface area contributed by atoms with Gasteiger partial charge in [0.2, 0.25) is 0 Å². The van der Waals surface area contributed by atoms with E-state index in [1.165, 1.54) is 23.1 Å². The Hall–Kier alpha value is -1.00. The SMILES string of the molecule is CCNC(C)(CC(C)Sc1ccc(C)cc1C)C(=O)OC. The summed E-state index contributed by atoms with van der Waals surface area (Å²) in [7, 11) is 1.44. The third-order valence-corrected chi connectivity index (χ3v) is 4.84. The van der Waals surface area contributed by atoms with E-state index in [0.717, 1.165) is 13.0 Å². The Morgan fingerprint density at radius 2 is 2.10 bits per heavy atom. The molecule has 0 aromatic heterocycles. The minimum absolute atomic E-state index is 0.197. The standard InChI is InChI=1S/C17H27NO2S/c1-7-18-17(5,16(19)20-6)11-14(4)21-15-9-8-12(2)10-13(15)3/h8-10,14,18H,7,11H2,1-6H3. The largest absolute Gasteiger partial charge is 0.468 e. The number of esters is 1. The number of likely N-dealkylation sites (N-methyl/N-ethyl adjacent to an activating group) is 1. The highest BCUT2D eigenvalue weighted by molar-refractivity contribution is 8.00. The summed E-state index contributed by atoms with van der Waals surface area (Å²) >= 11 is 1.81. The molecular formula is C17H27NO2S. The Bertz CT molecular complexity index is 490. The minimum Gasteiger partial charge on any atom is -0.468 e. The van der Waals surface area contributed by atoms with E-state index >= 15 is 0 Å². The number of carbonyl (C=O) groups excluding carboxylic acids is 1. The van der Waals surface area contributed by atoms with Gasteiger partial charge in [-0.05, 0) is 45.4 Å². The summed E-state index contributed by atoms with van der Waals surface area (Å²) in [5.74, 6) is -0.197. The number of ether oxygens (including phenoxy) is 1. The van der Waals surface area contributed by atoms with Gasteiger partial charge in [-0.25, -0.2) is 0 Å². The molecule has 1 N–H and O–H groups in total. The highest BCUT2D eigenvalue weighted by Crippen LogP contribution is 2.31. The molecule has 0 radical (unpaired) electrons. The van der Waals surface area contributed by atoms with Crippen LogP contribution in [-0.4, -0.2) is 30.4 Å². The molecule has 2 unspecified atom stereocenters. The van der Waals surface area contributed by atoms with Crippen molar-refractivity contribution in [2.75, 3.05) is 13.7 Å². The van der Waals surface area contributed by atoms with Crippen LogP contribution in [0.4, 0.5) is 0 Å². The van der Waals surface area contributed by atoms with Crippen molar-refractivity contribution >= 4 is 17.7 Å². The summed E-state index contributed by atoms with van der Waals surface area (Å²) in [6, 6.07) is 6.49. The van der Waals surface area contributed by atoms with Gasteiger partial charge in [-0.3, -0.25) is 4.79 Å². The molecule has 0 aliphatic heterocycles. The van der Waals surface area contributed by atoms with E-state index in [-0.39, 0.29) is 5.97 Å². The first-order valence-corrected chi connectivity index (χ1v) is 8.27. The Morgan fingerprint density at radius 3 is 2.62 bits per heavy atom. The quantitative estimate of drug-likeness (QED) is 0.615. The van der Waals surface area contributed by atoms with Gasteiger partial charge in [0.05, 0.1) is 7.11 Å². The molecule has 0 fully saturated rings. The summed E-state index contributed by atoms with van der Waals surface area (Å²) < 4.78 is 4.95. The lowest BCUT2D eigenvalue weighted by molar-refractivity contribution is -0.148. The Morgan fingerprint density at radius 1 is 1.43 bits per heavy atom. The zero-order chi connectivity index (χ0) is 16.0. The van der Waals surface area contributed by atoms with E-state index < -0.39 is 5.54 Å². The van der Waals surface area contributed by atoms with Gasteiger partial charge < -0.3 is 10.1 Å². The zero-order valence-corrected chi connectivity index (χ0v) is 14.8. The van der Waals surface area contributed by atoms with Crippen LogP contribution in [0.3, 0.4) is 0 Å². The van der Waals surface area contributed by atoms with Gasteiger partial charge in [0.15, 0.2) is 0 Å². The second-order valence-electron chi connectivity index (χ2n) is 5.76. The highest BCUT2D eigenvalue weighted by Gasteiger charge is 2.35. The van der Waals surface area contributed by atoms with E-state index in [2.05, 4.69) is 44.3 Å². The van der Waals surface area contributed by atoms with E-state index in [1.807, 2.05) is 25.6 Å². The summed E-state index contributed by atoms with van der Waals surface area (Å²) in [4.78, 5) is 13.3. The first-order valence-electron chi connectivity index (χ1n) is 7.39. The average molecular weight is 309 g/mol. The van der Waals surface area contributed by atoms with Crippen LogP contribution in [0.1, 0.15) is 38.3 Å². The predicted octanol–water partition coefficient (Wildman–Crippen LogP) is 3.72. The van der Waals surface area contributed by atoms with Crippen molar-refractivity contribution < 1.29 is 9.53 Å². The lowest BCUT2D eigenvalue weighted by Crippen LogP contribution is -2.51. The lowest BCUT2D eigenvalue weighted by atomic mass is 9.96. The van der Waals surface area contributed by atoms with E-state index in [4.69, 9.17) is 4.74 Å². The Labute approximate surface area is 132 Å². The molecule has 118 valence electrons. The van der Waals surface area contributed by atoms with Gasteiger partial charge in [-0.2, -0.15) is 0 Å². The van der Waals surface area contributed by atoms with Gasteiger partial charge >= 0.3 is 5.97 Å². The summed E-state index contributed by atoms with van der Waals surface area (Å²) in [5, 5.41) is 3.58. The van der Waals surface area contributed by atoms with Crippen LogP contribution in [0.2, 0.25) is 0 Å². The summed E-state index contributed by atoms with van der Waals surface area (Å²) in [6.45, 7) is 11.1. The van der Waals surface area contributed by atoms with Gasteiger partial charge in [0, 0.05) is 10.1 Å². The van der Waals surface area contributed by atoms with Crippen molar-refractivity contribution in [1.82, 2.24) is 5.32 Å². The number of thioether (sulfide) groups is 1. The second-order valence-corrected chi connectivity index (χ2v) is 7.24. The summed E-state index contributed by atoms with van der Waals surface area (Å²) in [5.41, 5.74) is 1.93. The number of hydrogen-bond acceptors (Lipinski definition) is 4. The summed E-state index contributed by atoms with van der Waals surface area (Å²) in [6.07, 6.45) is 0.728. The molecule has 0 amide bonds. The van der Waals surface area contributed by atoms with Gasteiger partial charge in [0.25, 0.3) is 0 Å². The molecule has 1 aromatic carbocycles. The van der Waals surface area contributed by atoms with Crippen LogP contribution in [-0.2, 0) is 9.53 Å². The van der Waals surface area contributed by atoms with Gasteiger partial charge in [0.1, 0.15) is 5.54 Å². The molecule has 0 saturated heterocycles. The van der Waals surface area contributed by atoms with Crippen LogP contribution < -0.4 is 5.32 Å². The van der Waals surface area contributed by atoms with Crippen LogP contribution in [0, 0.1) is 13.8 Å². The highest BCUT2D eigenvalue weighted by atomic mass is 32.2. The molecule has 4 heteroatoms. The van der Waals surface area contributed by atoms with E-state index in [0.29, 0.717) is 5.25 Å². The number of benzene rings is 1. The average Bonchev–Trinajstić information content (AvgIpc) is 2.41. The third-order valence-electron chi connectivity index (χ3n) is 3.56. The number of carbonyl (C=O) groups is 1. The number of nitrogens with one attached hydrogen (secondary N) is 1. The number of hydrogen-bond donors (Lipinski definition) is 1. The van der Waals surface area contributed by atoms with Crippen molar-refractivity contribution in [3.63, 3.8) is 0 Å². The van der Waals surface area contributed by atoms with Gasteiger partial charge in [-0.15, -0.1) is 11.8 Å². The zero-order valence-electron chi connectivity index (χ0n) is 13.9. The predicted molar refractivity (Wildman–Crippen MR) is 89.9 cm³/mol. The smallest absolute Gasteiger partial charge is 0.325 e. The number of rotatable bonds is 7. The Kier molecular flexibility index (Phi) is 6.75. The molecule has 0 saturated carbocycles. The molecule has 21 heavy (non-hydrogen) atoms. The van der Waals surface area contributed by atoms with Crippen molar-refractivity contribution in [3.05, 3.63) is 29.3 Å². The Balaban J connectivity index is 2.78. The first-order chi connectivity index (χ1) is 9.82. The normalized spacial score (nSPS) is 15.3. The third kappa shape index (κ3) is 5.04. The van der Waals surface area contributed by atoms with Crippen LogP contribution >= 0.6 is 11.8 Å². The second kappa shape index (κ2) is 7.85. The van der Waals surface area contributed by atoms with Crippen LogP contribution in [0.15, 0.2) is 23.1 Å². The maximum absolute atomic E-state index is 12.0. The lowest BCUT2D eigenvalue weighted by Gasteiger charge is -2.30. The van der Waals surface area contributed by atoms with Crippen LogP contribution in [0.5, 0.6) is 0 Å². The van der Waals surface area contributed by atoms with Crippen molar-refractivity contribution in [2.45, 2.75) is 56.7 Å². The fourth-order valence-electron chi connectivity index (χ4n) is 2.61. The monoisotopic (exact) mass is 309 g/mol. The topological polar surface area (TPSA) is 38.3 Å². The maximum Gasteiger partial charge on any atom is 0.325 e. The van der Waals surface area contributed by atoms with Crippen molar-refractivity contribution in [1.29, 1.82) is 0 Å².